The van der Waals surface area contributed by atoms with Crippen molar-refractivity contribution < 1.29 is 13.2 Å². The number of aromatic nitrogens is 2. The van der Waals surface area contributed by atoms with Crippen LogP contribution in [-0.4, -0.2) is 30.1 Å². The first-order valence-electron chi connectivity index (χ1n) is 8.33. The van der Waals surface area contributed by atoms with Gasteiger partial charge in [0, 0.05) is 30.4 Å². The molecule has 0 saturated carbocycles. The lowest BCUT2D eigenvalue weighted by molar-refractivity contribution is 0.102. The van der Waals surface area contributed by atoms with Gasteiger partial charge in [0.05, 0.1) is 10.3 Å². The molecule has 2 aromatic heterocycles. The van der Waals surface area contributed by atoms with E-state index in [-0.39, 0.29) is 10.5 Å². The predicted molar refractivity (Wildman–Crippen MR) is 104 cm³/mol. The second kappa shape index (κ2) is 6.96. The van der Waals surface area contributed by atoms with Gasteiger partial charge in [0.2, 0.25) is 5.43 Å². The number of amides is 1. The van der Waals surface area contributed by atoms with Crippen molar-refractivity contribution in [3.05, 3.63) is 64.1 Å². The Balaban J connectivity index is 2.00. The summed E-state index contributed by atoms with van der Waals surface area (Å²) in [6.07, 6.45) is 2.61. The van der Waals surface area contributed by atoms with Gasteiger partial charge in [0.15, 0.2) is 9.84 Å². The molecule has 0 radical (unpaired) electrons. The molecule has 0 fully saturated rings. The van der Waals surface area contributed by atoms with Crippen molar-refractivity contribution in [1.29, 1.82) is 0 Å². The molecule has 3 rings (SSSR count). The Bertz CT molecular complexity index is 1200. The molecule has 0 bridgehead atoms. The van der Waals surface area contributed by atoms with Gasteiger partial charge in [0.1, 0.15) is 11.2 Å². The minimum Gasteiger partial charge on any atom is -0.332 e. The van der Waals surface area contributed by atoms with Crippen LogP contribution in [0.15, 0.2) is 52.3 Å². The van der Waals surface area contributed by atoms with Crippen LogP contribution in [0.2, 0.25) is 0 Å². The van der Waals surface area contributed by atoms with Gasteiger partial charge < -0.3 is 9.88 Å². The molecule has 0 atom stereocenters. The number of pyridine rings is 2. The monoisotopic (exact) mass is 385 g/mol. The second-order valence-electron chi connectivity index (χ2n) is 6.23. The van der Waals surface area contributed by atoms with Crippen molar-refractivity contribution in [2.45, 2.75) is 25.3 Å². The number of rotatable bonds is 4. The van der Waals surface area contributed by atoms with Gasteiger partial charge in [-0.2, -0.15) is 0 Å². The molecule has 0 aliphatic heterocycles. The molecule has 0 spiro atoms. The highest BCUT2D eigenvalue weighted by atomic mass is 32.2. The molecule has 140 valence electrons. The average molecular weight is 385 g/mol. The van der Waals surface area contributed by atoms with E-state index < -0.39 is 21.2 Å². The molecule has 3 aromatic rings. The van der Waals surface area contributed by atoms with Crippen molar-refractivity contribution in [2.24, 2.45) is 0 Å². The van der Waals surface area contributed by atoms with Gasteiger partial charge in [-0.15, -0.1) is 0 Å². The summed E-state index contributed by atoms with van der Waals surface area (Å²) in [4.78, 5) is 29.9. The summed E-state index contributed by atoms with van der Waals surface area (Å²) in [5.41, 5.74) is 1.33. The lowest BCUT2D eigenvalue weighted by Gasteiger charge is -2.12. The van der Waals surface area contributed by atoms with E-state index in [1.807, 2.05) is 13.8 Å². The minimum absolute atomic E-state index is 0.00203. The number of fused-ring (bicyclic) bond motifs is 1. The average Bonchev–Trinajstić information content (AvgIpc) is 2.61. The first kappa shape index (κ1) is 18.8. The summed E-state index contributed by atoms with van der Waals surface area (Å²) in [6.45, 7) is 4.29. The summed E-state index contributed by atoms with van der Waals surface area (Å²) in [6, 6.07) is 9.18. The lowest BCUT2D eigenvalue weighted by Crippen LogP contribution is -2.24. The van der Waals surface area contributed by atoms with Crippen LogP contribution in [0.5, 0.6) is 0 Å². The highest BCUT2D eigenvalue weighted by molar-refractivity contribution is 7.90. The minimum atomic E-state index is -3.32. The molecule has 7 nitrogen and oxygen atoms in total. The Labute approximate surface area is 156 Å². The maximum absolute atomic E-state index is 12.7. The number of hydrogen-bond donors (Lipinski definition) is 1. The lowest BCUT2D eigenvalue weighted by atomic mass is 10.1. The fourth-order valence-corrected chi connectivity index (χ4v) is 3.38. The quantitative estimate of drug-likeness (QED) is 0.743. The molecule has 1 amide bonds. The molecular weight excluding hydrogens is 366 g/mol. The Hall–Kier alpha value is -3.00. The van der Waals surface area contributed by atoms with E-state index in [4.69, 9.17) is 0 Å². The summed E-state index contributed by atoms with van der Waals surface area (Å²) in [7, 11) is -3.32. The second-order valence-corrected chi connectivity index (χ2v) is 8.25. The topological polar surface area (TPSA) is 98.1 Å². The van der Waals surface area contributed by atoms with Crippen LogP contribution in [0.1, 0.15) is 23.0 Å². The summed E-state index contributed by atoms with van der Waals surface area (Å²) < 4.78 is 24.8. The van der Waals surface area contributed by atoms with Gasteiger partial charge in [-0.05, 0) is 50.2 Å². The van der Waals surface area contributed by atoms with Crippen LogP contribution in [0.4, 0.5) is 5.69 Å². The Morgan fingerprint density at radius 3 is 2.41 bits per heavy atom. The van der Waals surface area contributed by atoms with Crippen molar-refractivity contribution in [3.8, 4) is 0 Å². The van der Waals surface area contributed by atoms with Crippen molar-refractivity contribution in [1.82, 2.24) is 9.55 Å². The van der Waals surface area contributed by atoms with E-state index in [1.165, 1.54) is 30.5 Å². The number of aryl methyl sites for hydroxylation is 2. The Kier molecular flexibility index (Phi) is 4.84. The molecule has 0 unspecified atom stereocenters. The highest BCUT2D eigenvalue weighted by Gasteiger charge is 2.16. The molecule has 1 N–H and O–H groups in total. The van der Waals surface area contributed by atoms with Gasteiger partial charge in [-0.1, -0.05) is 0 Å². The number of carbonyl (C=O) groups is 1. The largest absolute Gasteiger partial charge is 0.332 e. The molecule has 0 aliphatic rings. The third-order valence-electron chi connectivity index (χ3n) is 4.19. The van der Waals surface area contributed by atoms with Crippen LogP contribution in [0.3, 0.4) is 0 Å². The van der Waals surface area contributed by atoms with E-state index in [0.29, 0.717) is 23.3 Å². The van der Waals surface area contributed by atoms with Crippen molar-refractivity contribution in [2.75, 3.05) is 11.6 Å². The first-order chi connectivity index (χ1) is 12.7. The van der Waals surface area contributed by atoms with Crippen LogP contribution in [-0.2, 0) is 16.4 Å². The number of benzene rings is 1. The summed E-state index contributed by atoms with van der Waals surface area (Å²) in [5, 5.41) is 3.01. The molecule has 27 heavy (non-hydrogen) atoms. The first-order valence-corrected chi connectivity index (χ1v) is 10.2. The number of sulfone groups is 1. The van der Waals surface area contributed by atoms with Crippen LogP contribution in [0, 0.1) is 6.92 Å². The summed E-state index contributed by atoms with van der Waals surface area (Å²) in [5.74, 6) is -0.559. The van der Waals surface area contributed by atoms with Gasteiger partial charge in [0.25, 0.3) is 5.91 Å². The maximum Gasteiger partial charge on any atom is 0.261 e. The van der Waals surface area contributed by atoms with Crippen molar-refractivity contribution >= 4 is 32.5 Å². The molecular formula is C19H19N3O4S. The van der Waals surface area contributed by atoms with Crippen LogP contribution < -0.4 is 10.7 Å². The predicted octanol–water partition coefficient (Wildman–Crippen LogP) is 2.38. The standard InChI is InChI=1S/C19H19N3O4S/c1-4-22-11-16(17(23)15-10-5-12(2)20-18(15)22)19(24)21-13-6-8-14(9-7-13)27(3,25)26/h5-11H,4H2,1-3H3,(H,21,24). The normalized spacial score (nSPS) is 11.5. The zero-order chi connectivity index (χ0) is 19.8. The van der Waals surface area contributed by atoms with E-state index in [1.54, 1.807) is 16.7 Å². The van der Waals surface area contributed by atoms with Crippen LogP contribution in [0.25, 0.3) is 11.0 Å². The van der Waals surface area contributed by atoms with E-state index >= 15 is 0 Å². The Morgan fingerprint density at radius 1 is 1.15 bits per heavy atom. The maximum atomic E-state index is 12.7. The number of nitrogens with one attached hydrogen (secondary N) is 1. The van der Waals surface area contributed by atoms with Gasteiger partial charge in [-0.25, -0.2) is 13.4 Å². The fraction of sp³-hybridized carbons (Fsp3) is 0.211. The third kappa shape index (κ3) is 3.75. The number of carbonyl (C=O) groups excluding carboxylic acids is 1. The molecule has 0 saturated heterocycles. The van der Waals surface area contributed by atoms with Crippen molar-refractivity contribution in [3.63, 3.8) is 0 Å². The van der Waals surface area contributed by atoms with E-state index in [9.17, 15) is 18.0 Å². The number of hydrogen-bond acceptors (Lipinski definition) is 5. The zero-order valence-electron chi connectivity index (χ0n) is 15.2. The number of anilines is 1. The fourth-order valence-electron chi connectivity index (χ4n) is 2.75. The van der Waals surface area contributed by atoms with Gasteiger partial charge >= 0.3 is 0 Å². The molecule has 0 aliphatic carbocycles. The van der Waals surface area contributed by atoms with E-state index in [0.717, 1.165) is 11.9 Å². The SMILES string of the molecule is CCn1cc(C(=O)Nc2ccc(S(C)(=O)=O)cc2)c(=O)c2ccc(C)nc21. The third-order valence-corrected chi connectivity index (χ3v) is 5.31. The summed E-state index contributed by atoms with van der Waals surface area (Å²) >= 11 is 0. The van der Waals surface area contributed by atoms with E-state index in [2.05, 4.69) is 10.3 Å². The molecule has 2 heterocycles. The Morgan fingerprint density at radius 2 is 1.81 bits per heavy atom. The zero-order valence-corrected chi connectivity index (χ0v) is 16.0. The number of nitrogens with zero attached hydrogens (tertiary/aromatic N) is 2. The molecule has 1 aromatic carbocycles. The highest BCUT2D eigenvalue weighted by Crippen LogP contribution is 2.16. The smallest absolute Gasteiger partial charge is 0.261 e. The van der Waals surface area contributed by atoms with Gasteiger partial charge in [-0.3, -0.25) is 9.59 Å². The molecule has 8 heteroatoms. The van der Waals surface area contributed by atoms with Crippen LogP contribution >= 0.6 is 0 Å².